The Morgan fingerprint density at radius 1 is 0.970 bits per heavy atom. The number of carbonyl (C=O) groups excluding carboxylic acids is 1. The van der Waals surface area contributed by atoms with Crippen molar-refractivity contribution in [2.24, 2.45) is 10.3 Å². The Labute approximate surface area is 194 Å². The van der Waals surface area contributed by atoms with Gasteiger partial charge in [0.2, 0.25) is 0 Å². The van der Waals surface area contributed by atoms with Crippen LogP contribution in [0.4, 0.5) is 17.1 Å². The van der Waals surface area contributed by atoms with Crippen molar-refractivity contribution in [3.8, 4) is 0 Å². The van der Waals surface area contributed by atoms with Gasteiger partial charge < -0.3 is 5.32 Å². The fourth-order valence-corrected chi connectivity index (χ4v) is 5.91. The fourth-order valence-electron chi connectivity index (χ4n) is 4.64. The van der Waals surface area contributed by atoms with Crippen LogP contribution in [0.25, 0.3) is 0 Å². The summed E-state index contributed by atoms with van der Waals surface area (Å²) in [4.78, 5) is 14.8. The number of nitrogens with one attached hydrogen (secondary N) is 1. The van der Waals surface area contributed by atoms with Crippen LogP contribution in [0.1, 0.15) is 41.6 Å². The van der Waals surface area contributed by atoms with Gasteiger partial charge in [0, 0.05) is 22.9 Å². The maximum Gasteiger partial charge on any atom is 0.286 e. The lowest BCUT2D eigenvalue weighted by atomic mass is 10.0. The molecule has 3 aromatic rings. The van der Waals surface area contributed by atoms with Crippen molar-refractivity contribution in [2.75, 3.05) is 10.2 Å². The standard InChI is InChI=1S/C26H25N3O3S/c1-18-9-5-8-14-22(18)26(30)27-20-15-16-23-24(17-20)33(31,32)28-25(19-10-6-7-11-19)29(23)21-12-3-2-4-13-21/h2-5,8-9,12-17,19H,6-7,10-11H2,1H3,(H,27,30). The Hall–Kier alpha value is -3.45. The molecule has 1 heterocycles. The molecule has 0 bridgehead atoms. The Kier molecular flexibility index (Phi) is 5.50. The van der Waals surface area contributed by atoms with E-state index in [1.807, 2.05) is 54.3 Å². The van der Waals surface area contributed by atoms with Gasteiger partial charge in [-0.05, 0) is 61.7 Å². The monoisotopic (exact) mass is 459 g/mol. The maximum absolute atomic E-state index is 13.3. The molecule has 0 saturated heterocycles. The van der Waals surface area contributed by atoms with Gasteiger partial charge in [0.1, 0.15) is 10.7 Å². The lowest BCUT2D eigenvalue weighted by Gasteiger charge is -2.33. The number of amidine groups is 1. The quantitative estimate of drug-likeness (QED) is 0.545. The first kappa shape index (κ1) is 21.4. The zero-order valence-electron chi connectivity index (χ0n) is 18.4. The van der Waals surface area contributed by atoms with Crippen molar-refractivity contribution in [3.63, 3.8) is 0 Å². The molecule has 2 aliphatic rings. The van der Waals surface area contributed by atoms with Gasteiger partial charge >= 0.3 is 0 Å². The zero-order valence-corrected chi connectivity index (χ0v) is 19.2. The molecule has 0 unspecified atom stereocenters. The van der Waals surface area contributed by atoms with Crippen LogP contribution in [0.5, 0.6) is 0 Å². The smallest absolute Gasteiger partial charge is 0.286 e. The van der Waals surface area contributed by atoms with E-state index in [9.17, 15) is 13.2 Å². The summed E-state index contributed by atoms with van der Waals surface area (Å²) in [6.45, 7) is 1.86. The molecule has 0 atom stereocenters. The van der Waals surface area contributed by atoms with E-state index >= 15 is 0 Å². The highest BCUT2D eigenvalue weighted by Gasteiger charge is 2.36. The summed E-state index contributed by atoms with van der Waals surface area (Å²) in [5.41, 5.74) is 3.24. The van der Waals surface area contributed by atoms with Crippen LogP contribution in [0.15, 0.2) is 82.1 Å². The highest BCUT2D eigenvalue weighted by Crippen LogP contribution is 2.42. The van der Waals surface area contributed by atoms with Crippen LogP contribution in [-0.4, -0.2) is 20.2 Å². The molecule has 0 spiro atoms. The van der Waals surface area contributed by atoms with Gasteiger partial charge in [-0.3, -0.25) is 9.69 Å². The van der Waals surface area contributed by atoms with Crippen molar-refractivity contribution in [2.45, 2.75) is 37.5 Å². The van der Waals surface area contributed by atoms with Crippen LogP contribution in [0.3, 0.4) is 0 Å². The number of hydrogen-bond donors (Lipinski definition) is 1. The highest BCUT2D eigenvalue weighted by molar-refractivity contribution is 7.90. The van der Waals surface area contributed by atoms with Gasteiger partial charge in [0.25, 0.3) is 15.9 Å². The lowest BCUT2D eigenvalue weighted by molar-refractivity contribution is 0.102. The number of sulfonamides is 1. The van der Waals surface area contributed by atoms with Crippen molar-refractivity contribution in [3.05, 3.63) is 83.9 Å². The van der Waals surface area contributed by atoms with Crippen LogP contribution in [0, 0.1) is 12.8 Å². The minimum Gasteiger partial charge on any atom is -0.322 e. The van der Waals surface area contributed by atoms with E-state index in [2.05, 4.69) is 9.71 Å². The minimum atomic E-state index is -3.91. The molecule has 5 rings (SSSR count). The summed E-state index contributed by atoms with van der Waals surface area (Å²) in [7, 11) is -3.91. The summed E-state index contributed by atoms with van der Waals surface area (Å²) in [5, 5.41) is 2.84. The average Bonchev–Trinajstić information content (AvgIpc) is 3.35. The first-order chi connectivity index (χ1) is 15.9. The third-order valence-electron chi connectivity index (χ3n) is 6.30. The first-order valence-electron chi connectivity index (χ1n) is 11.1. The number of anilines is 3. The molecule has 0 radical (unpaired) electrons. The summed E-state index contributed by atoms with van der Waals surface area (Å²) in [6.07, 6.45) is 4.00. The second-order valence-electron chi connectivity index (χ2n) is 8.53. The number of para-hydroxylation sites is 1. The normalized spacial score (nSPS) is 17.4. The molecular weight excluding hydrogens is 434 g/mol. The van der Waals surface area contributed by atoms with Crippen molar-refractivity contribution in [1.82, 2.24) is 0 Å². The van der Waals surface area contributed by atoms with E-state index in [1.165, 1.54) is 6.07 Å². The summed E-state index contributed by atoms with van der Waals surface area (Å²) in [5.74, 6) is 0.410. The molecule has 1 saturated carbocycles. The largest absolute Gasteiger partial charge is 0.322 e. The molecule has 0 aromatic heterocycles. The molecule has 6 nitrogen and oxygen atoms in total. The van der Waals surface area contributed by atoms with Crippen molar-refractivity contribution in [1.29, 1.82) is 0 Å². The van der Waals surface area contributed by atoms with Gasteiger partial charge in [-0.1, -0.05) is 49.2 Å². The number of hydrogen-bond acceptors (Lipinski definition) is 4. The number of carbonyl (C=O) groups is 1. The van der Waals surface area contributed by atoms with E-state index in [0.717, 1.165) is 36.9 Å². The van der Waals surface area contributed by atoms with Gasteiger partial charge in [-0.15, -0.1) is 4.40 Å². The molecule has 1 aliphatic heterocycles. The van der Waals surface area contributed by atoms with E-state index in [4.69, 9.17) is 0 Å². The number of aryl methyl sites for hydroxylation is 1. The number of nitrogens with zero attached hydrogens (tertiary/aromatic N) is 2. The van der Waals surface area contributed by atoms with E-state index in [1.54, 1.807) is 24.3 Å². The lowest BCUT2D eigenvalue weighted by Crippen LogP contribution is -2.36. The minimum absolute atomic E-state index is 0.0932. The topological polar surface area (TPSA) is 78.8 Å². The Balaban J connectivity index is 1.57. The molecule has 1 fully saturated rings. The van der Waals surface area contributed by atoms with Gasteiger partial charge in [-0.25, -0.2) is 0 Å². The highest BCUT2D eigenvalue weighted by atomic mass is 32.2. The number of amides is 1. The number of benzene rings is 3. The SMILES string of the molecule is Cc1ccccc1C(=O)Nc1ccc2c(c1)S(=O)(=O)N=C(C1CCCC1)N2c1ccccc1. The van der Waals surface area contributed by atoms with E-state index in [-0.39, 0.29) is 16.7 Å². The number of rotatable bonds is 4. The predicted octanol–water partition coefficient (Wildman–Crippen LogP) is 5.68. The van der Waals surface area contributed by atoms with Crippen LogP contribution in [0.2, 0.25) is 0 Å². The van der Waals surface area contributed by atoms with E-state index < -0.39 is 10.0 Å². The van der Waals surface area contributed by atoms with Gasteiger partial charge in [0.15, 0.2) is 0 Å². The molecule has 33 heavy (non-hydrogen) atoms. The van der Waals surface area contributed by atoms with Crippen molar-refractivity contribution < 1.29 is 13.2 Å². The molecule has 1 amide bonds. The Morgan fingerprint density at radius 3 is 2.39 bits per heavy atom. The summed E-state index contributed by atoms with van der Waals surface area (Å²) >= 11 is 0. The first-order valence-corrected chi connectivity index (χ1v) is 12.6. The molecular formula is C26H25N3O3S. The molecule has 3 aromatic carbocycles. The van der Waals surface area contributed by atoms with E-state index in [0.29, 0.717) is 22.8 Å². The molecule has 168 valence electrons. The summed E-state index contributed by atoms with van der Waals surface area (Å²) < 4.78 is 30.8. The Bertz CT molecular complexity index is 1340. The third kappa shape index (κ3) is 4.04. The average molecular weight is 460 g/mol. The van der Waals surface area contributed by atoms with Gasteiger partial charge in [-0.2, -0.15) is 8.42 Å². The predicted molar refractivity (Wildman–Crippen MR) is 131 cm³/mol. The fraction of sp³-hybridized carbons (Fsp3) is 0.231. The third-order valence-corrected chi connectivity index (χ3v) is 7.61. The molecule has 1 aliphatic carbocycles. The molecule has 1 N–H and O–H groups in total. The number of fused-ring (bicyclic) bond motifs is 1. The second kappa shape index (κ2) is 8.48. The Morgan fingerprint density at radius 2 is 1.67 bits per heavy atom. The summed E-state index contributed by atoms with van der Waals surface area (Å²) in [6, 6.07) is 22.0. The second-order valence-corrected chi connectivity index (χ2v) is 10.1. The van der Waals surface area contributed by atoms with Gasteiger partial charge in [0.05, 0.1) is 5.69 Å². The van der Waals surface area contributed by atoms with Crippen LogP contribution in [-0.2, 0) is 10.0 Å². The van der Waals surface area contributed by atoms with Crippen LogP contribution >= 0.6 is 0 Å². The maximum atomic E-state index is 13.3. The van der Waals surface area contributed by atoms with Crippen molar-refractivity contribution >= 4 is 38.8 Å². The molecule has 7 heteroatoms. The zero-order chi connectivity index (χ0) is 23.0. The van der Waals surface area contributed by atoms with Crippen LogP contribution < -0.4 is 10.2 Å².